The third-order valence-corrected chi connectivity index (χ3v) is 3.46. The molecule has 20 heavy (non-hydrogen) atoms. The number of rotatable bonds is 3. The predicted molar refractivity (Wildman–Crippen MR) is 79.0 cm³/mol. The first-order valence-corrected chi connectivity index (χ1v) is 6.90. The average Bonchev–Trinajstić information content (AvgIpc) is 2.68. The molecule has 1 aromatic carbocycles. The third-order valence-electron chi connectivity index (χ3n) is 2.91. The standard InChI is InChI=1S/C14H14Cl2N2O2/c1-4-20-14(19)13-8(2)17-18(9(13)3)12-7-10(15)5-6-11(12)16/h5-7H,4H2,1-3H3. The van der Waals surface area contributed by atoms with E-state index in [2.05, 4.69) is 5.10 Å². The highest BCUT2D eigenvalue weighted by atomic mass is 35.5. The molecule has 4 nitrogen and oxygen atoms in total. The SMILES string of the molecule is CCOC(=O)c1c(C)nn(-c2cc(Cl)ccc2Cl)c1C. The van der Waals surface area contributed by atoms with Gasteiger partial charge in [-0.1, -0.05) is 23.2 Å². The molecule has 0 spiro atoms. The summed E-state index contributed by atoms with van der Waals surface area (Å²) in [5, 5.41) is 5.42. The molecule has 0 unspecified atom stereocenters. The van der Waals surface area contributed by atoms with Gasteiger partial charge in [0.1, 0.15) is 5.56 Å². The summed E-state index contributed by atoms with van der Waals surface area (Å²) in [6.45, 7) is 5.64. The van der Waals surface area contributed by atoms with Crippen LogP contribution in [0.5, 0.6) is 0 Å². The van der Waals surface area contributed by atoms with E-state index in [0.29, 0.717) is 39.3 Å². The molecule has 106 valence electrons. The second-order valence-electron chi connectivity index (χ2n) is 4.27. The number of benzene rings is 1. The Labute approximate surface area is 127 Å². The fourth-order valence-corrected chi connectivity index (χ4v) is 2.39. The lowest BCUT2D eigenvalue weighted by atomic mass is 10.2. The first kappa shape index (κ1) is 14.9. The second kappa shape index (κ2) is 5.85. The van der Waals surface area contributed by atoms with Crippen molar-refractivity contribution in [1.29, 1.82) is 0 Å². The van der Waals surface area contributed by atoms with Crippen molar-refractivity contribution >= 4 is 29.2 Å². The van der Waals surface area contributed by atoms with Crippen LogP contribution in [0.15, 0.2) is 18.2 Å². The normalized spacial score (nSPS) is 10.7. The van der Waals surface area contributed by atoms with Gasteiger partial charge in [0, 0.05) is 5.02 Å². The highest BCUT2D eigenvalue weighted by Gasteiger charge is 2.21. The van der Waals surface area contributed by atoms with E-state index in [-0.39, 0.29) is 5.97 Å². The van der Waals surface area contributed by atoms with Crippen LogP contribution >= 0.6 is 23.2 Å². The lowest BCUT2D eigenvalue weighted by Crippen LogP contribution is -2.08. The molecule has 0 radical (unpaired) electrons. The zero-order valence-corrected chi connectivity index (χ0v) is 12.9. The fourth-order valence-electron chi connectivity index (χ4n) is 2.02. The first-order valence-electron chi connectivity index (χ1n) is 6.14. The van der Waals surface area contributed by atoms with Crippen molar-refractivity contribution in [3.8, 4) is 5.69 Å². The van der Waals surface area contributed by atoms with Gasteiger partial charge < -0.3 is 4.74 Å². The summed E-state index contributed by atoms with van der Waals surface area (Å²) in [4.78, 5) is 11.9. The minimum Gasteiger partial charge on any atom is -0.462 e. The van der Waals surface area contributed by atoms with Gasteiger partial charge in [0.05, 0.1) is 28.7 Å². The molecular weight excluding hydrogens is 299 g/mol. The van der Waals surface area contributed by atoms with Gasteiger partial charge in [-0.25, -0.2) is 9.48 Å². The van der Waals surface area contributed by atoms with Gasteiger partial charge in [0.15, 0.2) is 0 Å². The number of hydrogen-bond donors (Lipinski definition) is 0. The van der Waals surface area contributed by atoms with Crippen LogP contribution in [0.4, 0.5) is 0 Å². The monoisotopic (exact) mass is 312 g/mol. The largest absolute Gasteiger partial charge is 0.462 e. The Balaban J connectivity index is 2.57. The average molecular weight is 313 g/mol. The Morgan fingerprint density at radius 2 is 2.05 bits per heavy atom. The summed E-state index contributed by atoms with van der Waals surface area (Å²) in [5.74, 6) is -0.382. The first-order chi connectivity index (χ1) is 9.45. The van der Waals surface area contributed by atoms with Crippen LogP contribution in [0, 0.1) is 13.8 Å². The van der Waals surface area contributed by atoms with Crippen LogP contribution in [0.25, 0.3) is 5.69 Å². The molecule has 0 saturated heterocycles. The number of hydrogen-bond acceptors (Lipinski definition) is 3. The van der Waals surface area contributed by atoms with Gasteiger partial charge in [-0.15, -0.1) is 0 Å². The number of carbonyl (C=O) groups is 1. The molecular formula is C14H14Cl2N2O2. The molecule has 0 aliphatic rings. The number of nitrogens with zero attached hydrogens (tertiary/aromatic N) is 2. The van der Waals surface area contributed by atoms with Gasteiger partial charge in [-0.3, -0.25) is 0 Å². The van der Waals surface area contributed by atoms with Gasteiger partial charge >= 0.3 is 5.97 Å². The summed E-state index contributed by atoms with van der Waals surface area (Å²) in [6.07, 6.45) is 0. The molecule has 0 aliphatic carbocycles. The van der Waals surface area contributed by atoms with E-state index in [1.54, 1.807) is 43.7 Å². The summed E-state index contributed by atoms with van der Waals surface area (Å²) in [5.41, 5.74) is 2.36. The Kier molecular flexibility index (Phi) is 4.35. The van der Waals surface area contributed by atoms with Crippen LogP contribution in [-0.2, 0) is 4.74 Å². The smallest absolute Gasteiger partial charge is 0.341 e. The molecule has 0 atom stereocenters. The molecule has 2 aromatic rings. The quantitative estimate of drug-likeness (QED) is 0.805. The van der Waals surface area contributed by atoms with Crippen LogP contribution in [0.1, 0.15) is 28.7 Å². The highest BCUT2D eigenvalue weighted by molar-refractivity contribution is 6.34. The lowest BCUT2D eigenvalue weighted by molar-refractivity contribution is 0.0524. The fraction of sp³-hybridized carbons (Fsp3) is 0.286. The van der Waals surface area contributed by atoms with Crippen molar-refractivity contribution in [2.24, 2.45) is 0 Å². The highest BCUT2D eigenvalue weighted by Crippen LogP contribution is 2.27. The van der Waals surface area contributed by atoms with Crippen LogP contribution < -0.4 is 0 Å². The van der Waals surface area contributed by atoms with Crippen molar-refractivity contribution in [3.05, 3.63) is 45.2 Å². The third kappa shape index (κ3) is 2.67. The van der Waals surface area contributed by atoms with Crippen molar-refractivity contribution < 1.29 is 9.53 Å². The second-order valence-corrected chi connectivity index (χ2v) is 5.12. The molecule has 1 heterocycles. The van der Waals surface area contributed by atoms with E-state index in [9.17, 15) is 4.79 Å². The van der Waals surface area contributed by atoms with E-state index in [0.717, 1.165) is 0 Å². The lowest BCUT2D eigenvalue weighted by Gasteiger charge is -2.08. The topological polar surface area (TPSA) is 44.1 Å². The van der Waals surface area contributed by atoms with E-state index >= 15 is 0 Å². The summed E-state index contributed by atoms with van der Waals surface area (Å²) in [7, 11) is 0. The van der Waals surface area contributed by atoms with Crippen molar-refractivity contribution in [1.82, 2.24) is 9.78 Å². The number of aryl methyl sites for hydroxylation is 1. The van der Waals surface area contributed by atoms with Crippen molar-refractivity contribution in [3.63, 3.8) is 0 Å². The maximum absolute atomic E-state index is 11.9. The molecule has 1 aromatic heterocycles. The van der Waals surface area contributed by atoms with E-state index in [1.165, 1.54) is 0 Å². The van der Waals surface area contributed by atoms with Gasteiger partial charge in [0.2, 0.25) is 0 Å². The predicted octanol–water partition coefficient (Wildman–Crippen LogP) is 3.97. The molecule has 0 aliphatic heterocycles. The summed E-state index contributed by atoms with van der Waals surface area (Å²) in [6, 6.07) is 5.10. The van der Waals surface area contributed by atoms with E-state index < -0.39 is 0 Å². The molecule has 0 amide bonds. The summed E-state index contributed by atoms with van der Waals surface area (Å²) >= 11 is 12.2. The zero-order chi connectivity index (χ0) is 14.9. The van der Waals surface area contributed by atoms with Crippen molar-refractivity contribution in [2.75, 3.05) is 6.61 Å². The molecule has 0 saturated carbocycles. The Morgan fingerprint density at radius 3 is 2.70 bits per heavy atom. The summed E-state index contributed by atoms with van der Waals surface area (Å²) < 4.78 is 6.65. The zero-order valence-electron chi connectivity index (χ0n) is 11.4. The van der Waals surface area contributed by atoms with Crippen LogP contribution in [-0.4, -0.2) is 22.4 Å². The van der Waals surface area contributed by atoms with Crippen LogP contribution in [0.2, 0.25) is 10.0 Å². The van der Waals surface area contributed by atoms with Gasteiger partial charge in [-0.2, -0.15) is 5.10 Å². The Morgan fingerprint density at radius 1 is 1.35 bits per heavy atom. The van der Waals surface area contributed by atoms with Crippen LogP contribution in [0.3, 0.4) is 0 Å². The number of ether oxygens (including phenoxy) is 1. The number of esters is 1. The molecule has 0 fully saturated rings. The number of halogens is 2. The van der Waals surface area contributed by atoms with Crippen molar-refractivity contribution in [2.45, 2.75) is 20.8 Å². The maximum atomic E-state index is 11.9. The molecule has 0 bridgehead atoms. The maximum Gasteiger partial charge on any atom is 0.341 e. The molecule has 6 heteroatoms. The Bertz CT molecular complexity index is 665. The van der Waals surface area contributed by atoms with E-state index in [1.807, 2.05) is 0 Å². The van der Waals surface area contributed by atoms with Gasteiger partial charge in [0.25, 0.3) is 0 Å². The Hall–Kier alpha value is -1.52. The number of carbonyl (C=O) groups excluding carboxylic acids is 1. The van der Waals surface area contributed by atoms with E-state index in [4.69, 9.17) is 27.9 Å². The molecule has 2 rings (SSSR count). The van der Waals surface area contributed by atoms with Gasteiger partial charge in [-0.05, 0) is 39.0 Å². The minimum atomic E-state index is -0.382. The molecule has 0 N–H and O–H groups in total. The minimum absolute atomic E-state index is 0.320. The number of aromatic nitrogens is 2.